The number of rotatable bonds is 6. The quantitative estimate of drug-likeness (QED) is 0.662. The van der Waals surface area contributed by atoms with Crippen LogP contribution in [-0.4, -0.2) is 22.6 Å². The Bertz CT molecular complexity index is 993. The molecule has 1 N–H and O–H groups in total. The van der Waals surface area contributed by atoms with Crippen molar-refractivity contribution in [3.8, 4) is 5.75 Å². The zero-order chi connectivity index (χ0) is 20.1. The number of amides is 1. The van der Waals surface area contributed by atoms with Gasteiger partial charge in [-0.15, -0.1) is 0 Å². The zero-order valence-electron chi connectivity index (χ0n) is 16.0. The predicted molar refractivity (Wildman–Crippen MR) is 106 cm³/mol. The second kappa shape index (κ2) is 8.52. The van der Waals surface area contributed by atoms with Gasteiger partial charge in [-0.25, -0.2) is 9.37 Å². The van der Waals surface area contributed by atoms with Gasteiger partial charge in [0.2, 0.25) is 5.91 Å². The van der Waals surface area contributed by atoms with Gasteiger partial charge in [-0.05, 0) is 47.9 Å². The third-order valence-corrected chi connectivity index (χ3v) is 4.48. The Balaban J connectivity index is 1.89. The molecule has 0 bridgehead atoms. The van der Waals surface area contributed by atoms with Gasteiger partial charge in [0.25, 0.3) is 0 Å². The molecule has 0 saturated carbocycles. The van der Waals surface area contributed by atoms with Crippen LogP contribution >= 0.6 is 0 Å². The fourth-order valence-corrected chi connectivity index (χ4v) is 2.95. The second-order valence-corrected chi connectivity index (χ2v) is 6.45. The minimum Gasteiger partial charge on any atom is -0.497 e. The lowest BCUT2D eigenvalue weighted by atomic mass is 10.0. The number of nitrogens with zero attached hydrogens (tertiary/aromatic N) is 2. The summed E-state index contributed by atoms with van der Waals surface area (Å²) in [5, 5.41) is 3.01. The summed E-state index contributed by atoms with van der Waals surface area (Å²) in [6, 6.07) is 13.1. The molecule has 0 saturated heterocycles. The van der Waals surface area contributed by atoms with E-state index in [-0.39, 0.29) is 11.7 Å². The van der Waals surface area contributed by atoms with Gasteiger partial charge in [0, 0.05) is 25.5 Å². The number of carbonyl (C=O) groups is 1. The largest absolute Gasteiger partial charge is 0.497 e. The summed E-state index contributed by atoms with van der Waals surface area (Å²) in [6.45, 7) is 1.81. The van der Waals surface area contributed by atoms with Crippen LogP contribution in [0, 0.1) is 5.82 Å². The van der Waals surface area contributed by atoms with E-state index in [9.17, 15) is 9.18 Å². The summed E-state index contributed by atoms with van der Waals surface area (Å²) < 4.78 is 20.3. The van der Waals surface area contributed by atoms with Crippen molar-refractivity contribution in [2.75, 3.05) is 7.11 Å². The smallest absolute Gasteiger partial charge is 0.245 e. The maximum atomic E-state index is 13.1. The summed E-state index contributed by atoms with van der Waals surface area (Å²) in [5.41, 5.74) is 2.38. The van der Waals surface area contributed by atoms with Crippen LogP contribution in [0.25, 0.3) is 5.57 Å². The first-order chi connectivity index (χ1) is 13.5. The molecule has 28 heavy (non-hydrogen) atoms. The van der Waals surface area contributed by atoms with Crippen LogP contribution in [0.2, 0.25) is 0 Å². The molecular formula is C22H22FN3O2. The molecule has 0 aliphatic rings. The molecule has 1 atom stereocenters. The molecule has 0 aliphatic heterocycles. The number of aryl methyl sites for hydroxylation is 1. The van der Waals surface area contributed by atoms with E-state index >= 15 is 0 Å². The number of methoxy groups -OCH3 is 1. The predicted octanol–water partition coefficient (Wildman–Crippen LogP) is 3.88. The average Bonchev–Trinajstić information content (AvgIpc) is 3.12. The molecule has 6 heteroatoms. The van der Waals surface area contributed by atoms with Gasteiger partial charge in [0.05, 0.1) is 7.11 Å². The van der Waals surface area contributed by atoms with Gasteiger partial charge in [-0.3, -0.25) is 4.79 Å². The summed E-state index contributed by atoms with van der Waals surface area (Å²) in [7, 11) is 3.48. The molecule has 1 heterocycles. The molecule has 5 nitrogen and oxygen atoms in total. The van der Waals surface area contributed by atoms with E-state index in [4.69, 9.17) is 4.74 Å². The number of halogens is 1. The van der Waals surface area contributed by atoms with Crippen LogP contribution in [0.4, 0.5) is 4.39 Å². The molecule has 1 amide bonds. The van der Waals surface area contributed by atoms with E-state index in [0.717, 1.165) is 16.7 Å². The maximum absolute atomic E-state index is 13.1. The minimum atomic E-state index is -0.445. The lowest BCUT2D eigenvalue weighted by molar-refractivity contribution is -0.117. The van der Waals surface area contributed by atoms with E-state index < -0.39 is 6.04 Å². The lowest BCUT2D eigenvalue weighted by Crippen LogP contribution is -2.30. The third-order valence-electron chi connectivity index (χ3n) is 4.48. The highest BCUT2D eigenvalue weighted by Gasteiger charge is 2.20. The Labute approximate surface area is 163 Å². The van der Waals surface area contributed by atoms with E-state index in [1.807, 2.05) is 49.0 Å². The van der Waals surface area contributed by atoms with Crippen molar-refractivity contribution in [1.29, 1.82) is 0 Å². The highest BCUT2D eigenvalue weighted by Crippen LogP contribution is 2.24. The number of carbonyl (C=O) groups excluding carboxylic acids is 1. The molecule has 1 unspecified atom stereocenters. The number of nitrogens with one attached hydrogen (secondary N) is 1. The zero-order valence-corrected chi connectivity index (χ0v) is 16.0. The standard InChI is InChI=1S/C22H22FN3O2/c1-15(16-7-9-18(23)10-8-16)13-20(27)25-21(22-24-11-12-26(22)2)17-5-4-6-19(14-17)28-3/h4-14,21H,1-3H3,(H,25,27)/b15-13+. The molecule has 0 spiro atoms. The van der Waals surface area contributed by atoms with Gasteiger partial charge in [0.1, 0.15) is 23.4 Å². The first-order valence-electron chi connectivity index (χ1n) is 8.84. The second-order valence-electron chi connectivity index (χ2n) is 6.45. The Morgan fingerprint density at radius 3 is 2.64 bits per heavy atom. The number of allylic oxidation sites excluding steroid dienone is 1. The molecule has 3 rings (SSSR count). The molecule has 3 aromatic rings. The fourth-order valence-electron chi connectivity index (χ4n) is 2.95. The third kappa shape index (κ3) is 4.46. The van der Waals surface area contributed by atoms with E-state index in [0.29, 0.717) is 11.6 Å². The monoisotopic (exact) mass is 379 g/mol. The first kappa shape index (κ1) is 19.4. The lowest BCUT2D eigenvalue weighted by Gasteiger charge is -2.19. The molecular weight excluding hydrogens is 357 g/mol. The highest BCUT2D eigenvalue weighted by molar-refractivity contribution is 5.95. The van der Waals surface area contributed by atoms with Crippen molar-refractivity contribution in [3.63, 3.8) is 0 Å². The van der Waals surface area contributed by atoms with Gasteiger partial charge < -0.3 is 14.6 Å². The summed E-state index contributed by atoms with van der Waals surface area (Å²) in [5.74, 6) is 0.824. The van der Waals surface area contributed by atoms with E-state index in [1.165, 1.54) is 18.2 Å². The number of hydrogen-bond donors (Lipinski definition) is 1. The maximum Gasteiger partial charge on any atom is 0.245 e. The number of hydrogen-bond acceptors (Lipinski definition) is 3. The molecule has 0 radical (unpaired) electrons. The van der Waals surface area contributed by atoms with Crippen molar-refractivity contribution in [2.24, 2.45) is 7.05 Å². The van der Waals surface area contributed by atoms with Crippen LogP contribution in [0.5, 0.6) is 5.75 Å². The average molecular weight is 379 g/mol. The van der Waals surface area contributed by atoms with Crippen LogP contribution in [-0.2, 0) is 11.8 Å². The molecule has 2 aromatic carbocycles. The summed E-state index contributed by atoms with van der Waals surface area (Å²) in [6.07, 6.45) is 5.02. The van der Waals surface area contributed by atoms with Gasteiger partial charge >= 0.3 is 0 Å². The van der Waals surface area contributed by atoms with E-state index in [1.54, 1.807) is 25.4 Å². The topological polar surface area (TPSA) is 56.1 Å². The highest BCUT2D eigenvalue weighted by atomic mass is 19.1. The normalized spacial score (nSPS) is 12.5. The Morgan fingerprint density at radius 2 is 2.00 bits per heavy atom. The Morgan fingerprint density at radius 1 is 1.25 bits per heavy atom. The first-order valence-corrected chi connectivity index (χ1v) is 8.84. The summed E-state index contributed by atoms with van der Waals surface area (Å²) >= 11 is 0. The molecule has 0 aliphatic carbocycles. The van der Waals surface area contributed by atoms with Gasteiger partial charge in [-0.1, -0.05) is 24.3 Å². The minimum absolute atomic E-state index is 0.266. The van der Waals surface area contributed by atoms with Crippen LogP contribution in [0.3, 0.4) is 0 Å². The van der Waals surface area contributed by atoms with Crippen LogP contribution < -0.4 is 10.1 Å². The number of imidazole rings is 1. The van der Waals surface area contributed by atoms with Crippen molar-refractivity contribution < 1.29 is 13.9 Å². The summed E-state index contributed by atoms with van der Waals surface area (Å²) in [4.78, 5) is 17.1. The van der Waals surface area contributed by atoms with Crippen molar-refractivity contribution in [1.82, 2.24) is 14.9 Å². The fraction of sp³-hybridized carbons (Fsp3) is 0.182. The Hall–Kier alpha value is -3.41. The Kier molecular flexibility index (Phi) is 5.89. The molecule has 0 fully saturated rings. The van der Waals surface area contributed by atoms with Gasteiger partial charge in [-0.2, -0.15) is 0 Å². The number of aromatic nitrogens is 2. The molecule has 144 valence electrons. The van der Waals surface area contributed by atoms with E-state index in [2.05, 4.69) is 10.3 Å². The van der Waals surface area contributed by atoms with Gasteiger partial charge in [0.15, 0.2) is 0 Å². The number of benzene rings is 2. The number of ether oxygens (including phenoxy) is 1. The SMILES string of the molecule is COc1cccc(C(NC(=O)/C=C(\C)c2ccc(F)cc2)c2nccn2C)c1. The van der Waals surface area contributed by atoms with Crippen LogP contribution in [0.15, 0.2) is 67.0 Å². The van der Waals surface area contributed by atoms with Crippen molar-refractivity contribution in [3.05, 3.63) is 89.8 Å². The molecule has 1 aromatic heterocycles. The van der Waals surface area contributed by atoms with Crippen molar-refractivity contribution >= 4 is 11.5 Å². The van der Waals surface area contributed by atoms with Crippen LogP contribution in [0.1, 0.15) is 29.9 Å². The van der Waals surface area contributed by atoms with Crippen molar-refractivity contribution in [2.45, 2.75) is 13.0 Å².